The highest BCUT2D eigenvalue weighted by Gasteiger charge is 2.22. The summed E-state index contributed by atoms with van der Waals surface area (Å²) in [6, 6.07) is 11.4. The third-order valence-electron chi connectivity index (χ3n) is 4.41. The van der Waals surface area contributed by atoms with E-state index in [9.17, 15) is 4.79 Å². The molecule has 0 aromatic carbocycles. The van der Waals surface area contributed by atoms with Gasteiger partial charge in [0.15, 0.2) is 0 Å². The molecule has 0 atom stereocenters. The Kier molecular flexibility index (Phi) is 5.28. The molecule has 0 bridgehead atoms. The molecule has 3 aromatic heterocycles. The number of nitrogens with zero attached hydrogens (tertiary/aromatic N) is 3. The summed E-state index contributed by atoms with van der Waals surface area (Å²) in [5.41, 5.74) is 2.50. The molecule has 0 radical (unpaired) electrons. The lowest BCUT2D eigenvalue weighted by Gasteiger charge is -2.20. The van der Waals surface area contributed by atoms with Gasteiger partial charge in [0.25, 0.3) is 5.91 Å². The Morgan fingerprint density at radius 1 is 1.19 bits per heavy atom. The molecule has 3 heterocycles. The fourth-order valence-electron chi connectivity index (χ4n) is 3.02. The lowest BCUT2D eigenvalue weighted by molar-refractivity contribution is 0.0734. The summed E-state index contributed by atoms with van der Waals surface area (Å²) in [6.45, 7) is 5.18. The van der Waals surface area contributed by atoms with Crippen LogP contribution >= 0.6 is 0 Å². The Bertz CT molecular complexity index is 899. The summed E-state index contributed by atoms with van der Waals surface area (Å²) in [5.74, 6) is 1.43. The summed E-state index contributed by atoms with van der Waals surface area (Å²) in [5, 5.41) is 8.91. The minimum atomic E-state index is -0.101. The lowest BCUT2D eigenvalue weighted by Crippen LogP contribution is -2.31. The minimum absolute atomic E-state index is 0.101. The van der Waals surface area contributed by atoms with Crippen LogP contribution in [0.25, 0.3) is 0 Å². The molecule has 0 aliphatic heterocycles. The van der Waals surface area contributed by atoms with Gasteiger partial charge in [-0.05, 0) is 44.2 Å². The van der Waals surface area contributed by atoms with Gasteiger partial charge in [-0.15, -0.1) is 0 Å². The summed E-state index contributed by atoms with van der Waals surface area (Å²) < 4.78 is 12.8. The van der Waals surface area contributed by atoms with Crippen molar-refractivity contribution >= 4 is 5.91 Å². The zero-order chi connectivity index (χ0) is 18.5. The molecule has 0 unspecified atom stereocenters. The second kappa shape index (κ2) is 7.79. The third kappa shape index (κ3) is 3.72. The van der Waals surface area contributed by atoms with Gasteiger partial charge in [0, 0.05) is 17.9 Å². The quantitative estimate of drug-likeness (QED) is 0.647. The monoisotopic (exact) mass is 351 g/mol. The topological polar surface area (TPSA) is 75.3 Å². The van der Waals surface area contributed by atoms with Crippen LogP contribution in [0.3, 0.4) is 0 Å². The highest BCUT2D eigenvalue weighted by Crippen LogP contribution is 2.20. The van der Waals surface area contributed by atoms with Crippen LogP contribution in [0.5, 0.6) is 0 Å². The van der Waals surface area contributed by atoms with Gasteiger partial charge in [-0.25, -0.2) is 0 Å². The molecule has 0 N–H and O–H groups in total. The van der Waals surface area contributed by atoms with E-state index in [-0.39, 0.29) is 12.3 Å². The number of nitriles is 1. The smallest absolute Gasteiger partial charge is 0.256 e. The summed E-state index contributed by atoms with van der Waals surface area (Å²) >= 11 is 0. The van der Waals surface area contributed by atoms with Crippen molar-refractivity contribution in [3.05, 3.63) is 71.3 Å². The van der Waals surface area contributed by atoms with E-state index >= 15 is 0 Å². The van der Waals surface area contributed by atoms with Gasteiger partial charge < -0.3 is 18.3 Å². The molecule has 3 rings (SSSR count). The first-order valence-electron chi connectivity index (χ1n) is 8.48. The predicted octanol–water partition coefficient (Wildman–Crippen LogP) is 3.90. The number of hydrogen-bond acceptors (Lipinski definition) is 4. The number of carbonyl (C=O) groups is 1. The maximum atomic E-state index is 13.1. The Labute approximate surface area is 152 Å². The van der Waals surface area contributed by atoms with Crippen molar-refractivity contribution in [2.24, 2.45) is 0 Å². The van der Waals surface area contributed by atoms with Gasteiger partial charge in [-0.2, -0.15) is 5.26 Å². The van der Waals surface area contributed by atoms with Crippen LogP contribution in [-0.4, -0.2) is 21.9 Å². The Morgan fingerprint density at radius 2 is 1.88 bits per heavy atom. The SMILES string of the molecule is Cc1cc(C(=O)N(CCC#N)Cc2ccco2)c(C)n1Cc1ccco1. The van der Waals surface area contributed by atoms with Crippen molar-refractivity contribution in [3.63, 3.8) is 0 Å². The maximum Gasteiger partial charge on any atom is 0.256 e. The van der Waals surface area contributed by atoms with E-state index in [0.717, 1.165) is 17.1 Å². The molecular formula is C20H21N3O3. The Hall–Kier alpha value is -3.20. The van der Waals surface area contributed by atoms with Gasteiger partial charge in [0.2, 0.25) is 0 Å². The van der Waals surface area contributed by atoms with E-state index in [1.54, 1.807) is 23.5 Å². The van der Waals surface area contributed by atoms with Crippen molar-refractivity contribution < 1.29 is 13.6 Å². The van der Waals surface area contributed by atoms with Gasteiger partial charge in [-0.3, -0.25) is 4.79 Å². The highest BCUT2D eigenvalue weighted by atomic mass is 16.3. The molecule has 0 aliphatic carbocycles. The Balaban J connectivity index is 1.85. The maximum absolute atomic E-state index is 13.1. The number of aromatic nitrogens is 1. The first kappa shape index (κ1) is 17.6. The van der Waals surface area contributed by atoms with E-state index in [0.29, 0.717) is 31.0 Å². The summed E-state index contributed by atoms with van der Waals surface area (Å²) in [6.07, 6.45) is 3.50. The minimum Gasteiger partial charge on any atom is -0.467 e. The van der Waals surface area contributed by atoms with E-state index < -0.39 is 0 Å². The molecule has 0 spiro atoms. The van der Waals surface area contributed by atoms with Crippen molar-refractivity contribution in [3.8, 4) is 6.07 Å². The van der Waals surface area contributed by atoms with E-state index in [4.69, 9.17) is 14.1 Å². The normalized spacial score (nSPS) is 10.7. The molecular weight excluding hydrogens is 330 g/mol. The molecule has 134 valence electrons. The molecule has 0 fully saturated rings. The molecule has 0 saturated heterocycles. The Morgan fingerprint density at radius 3 is 2.50 bits per heavy atom. The van der Waals surface area contributed by atoms with Crippen molar-refractivity contribution in [1.29, 1.82) is 5.26 Å². The molecule has 6 heteroatoms. The number of carbonyl (C=O) groups excluding carboxylic acids is 1. The number of amides is 1. The van der Waals surface area contributed by atoms with Crippen molar-refractivity contribution in [2.75, 3.05) is 6.54 Å². The number of rotatable bonds is 7. The highest BCUT2D eigenvalue weighted by molar-refractivity contribution is 5.95. The number of furan rings is 2. The van der Waals surface area contributed by atoms with E-state index in [2.05, 4.69) is 10.6 Å². The standard InChI is InChI=1S/C20H21N3O3/c1-15-12-19(16(2)23(15)14-18-7-4-11-26-18)20(24)22(9-5-8-21)13-17-6-3-10-25-17/h3-4,6-7,10-12H,5,9,13-14H2,1-2H3. The first-order valence-corrected chi connectivity index (χ1v) is 8.48. The van der Waals surface area contributed by atoms with Gasteiger partial charge in [-0.1, -0.05) is 0 Å². The van der Waals surface area contributed by atoms with Crippen LogP contribution in [0.2, 0.25) is 0 Å². The van der Waals surface area contributed by atoms with Crippen LogP contribution < -0.4 is 0 Å². The third-order valence-corrected chi connectivity index (χ3v) is 4.41. The van der Waals surface area contributed by atoms with Gasteiger partial charge >= 0.3 is 0 Å². The average Bonchev–Trinajstić information content (AvgIpc) is 3.37. The number of hydrogen-bond donors (Lipinski definition) is 0. The second-order valence-electron chi connectivity index (χ2n) is 6.16. The number of aryl methyl sites for hydroxylation is 1. The zero-order valence-corrected chi connectivity index (χ0v) is 14.9. The average molecular weight is 351 g/mol. The predicted molar refractivity (Wildman–Crippen MR) is 95.4 cm³/mol. The van der Waals surface area contributed by atoms with Crippen LogP contribution in [-0.2, 0) is 13.1 Å². The molecule has 26 heavy (non-hydrogen) atoms. The van der Waals surface area contributed by atoms with E-state index in [1.807, 2.05) is 38.1 Å². The molecule has 6 nitrogen and oxygen atoms in total. The fraction of sp³-hybridized carbons (Fsp3) is 0.300. The summed E-state index contributed by atoms with van der Waals surface area (Å²) in [7, 11) is 0. The largest absolute Gasteiger partial charge is 0.467 e. The molecule has 3 aromatic rings. The van der Waals surface area contributed by atoms with Gasteiger partial charge in [0.05, 0.1) is 43.7 Å². The van der Waals surface area contributed by atoms with Crippen LogP contribution in [0, 0.1) is 25.2 Å². The first-order chi connectivity index (χ1) is 12.6. The molecule has 1 amide bonds. The molecule has 0 saturated carbocycles. The second-order valence-corrected chi connectivity index (χ2v) is 6.16. The van der Waals surface area contributed by atoms with Crippen LogP contribution in [0.4, 0.5) is 0 Å². The fourth-order valence-corrected chi connectivity index (χ4v) is 3.02. The molecule has 0 aliphatic rings. The lowest BCUT2D eigenvalue weighted by atomic mass is 10.2. The van der Waals surface area contributed by atoms with E-state index in [1.165, 1.54) is 0 Å². The van der Waals surface area contributed by atoms with Crippen LogP contribution in [0.1, 0.15) is 39.7 Å². The van der Waals surface area contributed by atoms with Crippen molar-refractivity contribution in [1.82, 2.24) is 9.47 Å². The zero-order valence-electron chi connectivity index (χ0n) is 14.9. The van der Waals surface area contributed by atoms with Crippen molar-refractivity contribution in [2.45, 2.75) is 33.4 Å². The van der Waals surface area contributed by atoms with Gasteiger partial charge in [0.1, 0.15) is 11.5 Å². The summed E-state index contributed by atoms with van der Waals surface area (Å²) in [4.78, 5) is 14.8. The van der Waals surface area contributed by atoms with Crippen LogP contribution in [0.15, 0.2) is 51.7 Å².